The van der Waals surface area contributed by atoms with Crippen LogP contribution in [0.3, 0.4) is 0 Å². The summed E-state index contributed by atoms with van der Waals surface area (Å²) in [6, 6.07) is 57.0. The minimum Gasteiger partial charge on any atom is -0.309 e. The summed E-state index contributed by atoms with van der Waals surface area (Å²) < 4.78 is 2.45. The SMILES string of the molecule is CC1c2c(nc(-c3ccc(-c4nc(-c5ccccc5)nc(-c5ccc(-c6ccccc6)cc5)n4)cc3)c3c4ccccc4n(-c4ccccc4)c23)C=C2C=CC=CC21. The van der Waals surface area contributed by atoms with Gasteiger partial charge < -0.3 is 4.57 Å². The van der Waals surface area contributed by atoms with Crippen LogP contribution < -0.4 is 0 Å². The first-order chi connectivity index (χ1) is 28.7. The lowest BCUT2D eigenvalue weighted by Gasteiger charge is -2.31. The third kappa shape index (κ3) is 5.70. The van der Waals surface area contributed by atoms with E-state index in [9.17, 15) is 0 Å². The monoisotopic (exact) mass is 743 g/mol. The van der Waals surface area contributed by atoms with Crippen LogP contribution in [-0.2, 0) is 0 Å². The van der Waals surface area contributed by atoms with E-state index in [1.807, 2.05) is 36.4 Å². The van der Waals surface area contributed by atoms with Crippen molar-refractivity contribution in [2.45, 2.75) is 12.8 Å². The molecule has 2 unspecified atom stereocenters. The Balaban J connectivity index is 1.08. The van der Waals surface area contributed by atoms with Gasteiger partial charge in [0.1, 0.15) is 0 Å². The lowest BCUT2D eigenvalue weighted by molar-refractivity contribution is 0.617. The van der Waals surface area contributed by atoms with E-state index in [0.29, 0.717) is 23.4 Å². The molecule has 3 aromatic heterocycles. The number of allylic oxidation sites excluding steroid dienone is 5. The number of para-hydroxylation sites is 2. The molecule has 0 fully saturated rings. The summed E-state index contributed by atoms with van der Waals surface area (Å²) in [6.45, 7) is 2.35. The third-order valence-corrected chi connectivity index (χ3v) is 11.6. The van der Waals surface area contributed by atoms with Gasteiger partial charge in [-0.25, -0.2) is 19.9 Å². The smallest absolute Gasteiger partial charge is 0.164 e. The fraction of sp³-hybridized carbons (Fsp3) is 0.0566. The topological polar surface area (TPSA) is 56.5 Å². The van der Waals surface area contributed by atoms with Gasteiger partial charge in [-0.3, -0.25) is 0 Å². The zero-order valence-electron chi connectivity index (χ0n) is 31.9. The molecule has 274 valence electrons. The Kier molecular flexibility index (Phi) is 8.11. The highest BCUT2D eigenvalue weighted by Crippen LogP contribution is 2.48. The van der Waals surface area contributed by atoms with Gasteiger partial charge in [-0.05, 0) is 46.9 Å². The maximum atomic E-state index is 5.56. The first-order valence-electron chi connectivity index (χ1n) is 19.8. The van der Waals surface area contributed by atoms with E-state index in [-0.39, 0.29) is 5.92 Å². The summed E-state index contributed by atoms with van der Waals surface area (Å²) in [4.78, 5) is 20.7. The summed E-state index contributed by atoms with van der Waals surface area (Å²) in [5.74, 6) is 2.42. The van der Waals surface area contributed by atoms with Crippen molar-refractivity contribution in [1.29, 1.82) is 0 Å². The Bertz CT molecular complexity index is 3090. The number of hydrogen-bond donors (Lipinski definition) is 0. The van der Waals surface area contributed by atoms with Crippen molar-refractivity contribution in [3.63, 3.8) is 0 Å². The van der Waals surface area contributed by atoms with E-state index >= 15 is 0 Å². The summed E-state index contributed by atoms with van der Waals surface area (Å²) in [6.07, 6.45) is 11.2. The van der Waals surface area contributed by atoms with Gasteiger partial charge in [0.05, 0.1) is 22.4 Å². The summed E-state index contributed by atoms with van der Waals surface area (Å²) >= 11 is 0. The van der Waals surface area contributed by atoms with Crippen LogP contribution >= 0.6 is 0 Å². The molecule has 0 amide bonds. The van der Waals surface area contributed by atoms with E-state index in [1.54, 1.807) is 0 Å². The van der Waals surface area contributed by atoms with Crippen LogP contribution in [0.2, 0.25) is 0 Å². The summed E-state index contributed by atoms with van der Waals surface area (Å²) in [7, 11) is 0. The van der Waals surface area contributed by atoms with Gasteiger partial charge in [0, 0.05) is 50.2 Å². The molecule has 0 saturated heterocycles. The molecule has 11 rings (SSSR count). The van der Waals surface area contributed by atoms with Gasteiger partial charge in [-0.2, -0.15) is 0 Å². The van der Waals surface area contributed by atoms with Crippen LogP contribution in [-0.4, -0.2) is 24.5 Å². The largest absolute Gasteiger partial charge is 0.309 e. The zero-order chi connectivity index (χ0) is 38.6. The normalized spacial score (nSPS) is 15.6. The van der Waals surface area contributed by atoms with Crippen molar-refractivity contribution >= 4 is 27.9 Å². The maximum absolute atomic E-state index is 5.56. The number of pyridine rings is 1. The number of fused-ring (bicyclic) bond motifs is 6. The summed E-state index contributed by atoms with van der Waals surface area (Å²) in [5, 5.41) is 2.35. The molecular formula is C53H37N5. The van der Waals surface area contributed by atoms with E-state index < -0.39 is 0 Å². The van der Waals surface area contributed by atoms with Gasteiger partial charge >= 0.3 is 0 Å². The molecule has 0 saturated carbocycles. The fourth-order valence-electron chi connectivity index (χ4n) is 8.79. The average molecular weight is 744 g/mol. The van der Waals surface area contributed by atoms with Gasteiger partial charge in [0.15, 0.2) is 17.5 Å². The number of nitrogens with zero attached hydrogens (tertiary/aromatic N) is 5. The summed E-state index contributed by atoms with van der Waals surface area (Å²) in [5.41, 5.74) is 14.2. The molecule has 5 nitrogen and oxygen atoms in total. The van der Waals surface area contributed by atoms with Gasteiger partial charge in [-0.1, -0.05) is 177 Å². The molecule has 5 heteroatoms. The second kappa shape index (κ2) is 13.9. The Morgan fingerprint density at radius 3 is 1.66 bits per heavy atom. The Morgan fingerprint density at radius 2 is 1.00 bits per heavy atom. The van der Waals surface area contributed by atoms with E-state index in [4.69, 9.17) is 19.9 Å². The fourth-order valence-corrected chi connectivity index (χ4v) is 8.79. The number of benzene rings is 6. The van der Waals surface area contributed by atoms with Crippen LogP contribution in [0, 0.1) is 5.92 Å². The molecule has 2 atom stereocenters. The number of aromatic nitrogens is 5. The van der Waals surface area contributed by atoms with E-state index in [2.05, 4.69) is 169 Å². The Labute approximate surface area is 337 Å². The number of hydrogen-bond acceptors (Lipinski definition) is 4. The van der Waals surface area contributed by atoms with Gasteiger partial charge in [0.25, 0.3) is 0 Å². The molecule has 0 aliphatic heterocycles. The molecule has 9 aromatic rings. The molecule has 0 radical (unpaired) electrons. The predicted molar refractivity (Wildman–Crippen MR) is 237 cm³/mol. The van der Waals surface area contributed by atoms with Crippen LogP contribution in [0.25, 0.3) is 90.1 Å². The van der Waals surface area contributed by atoms with Crippen molar-refractivity contribution in [2.24, 2.45) is 5.92 Å². The first kappa shape index (κ1) is 33.8. The maximum Gasteiger partial charge on any atom is 0.164 e. The molecule has 58 heavy (non-hydrogen) atoms. The predicted octanol–water partition coefficient (Wildman–Crippen LogP) is 12.9. The molecule has 0 bridgehead atoms. The Morgan fingerprint density at radius 1 is 0.483 bits per heavy atom. The minimum atomic E-state index is 0.237. The molecule has 0 N–H and O–H groups in total. The molecule has 6 aromatic carbocycles. The van der Waals surface area contributed by atoms with Crippen molar-refractivity contribution in [3.8, 4) is 62.2 Å². The van der Waals surface area contributed by atoms with E-state index in [1.165, 1.54) is 33.1 Å². The average Bonchev–Trinajstić information content (AvgIpc) is 3.65. The highest BCUT2D eigenvalue weighted by Gasteiger charge is 2.33. The van der Waals surface area contributed by atoms with Crippen LogP contribution in [0.5, 0.6) is 0 Å². The van der Waals surface area contributed by atoms with Crippen LogP contribution in [0.4, 0.5) is 0 Å². The van der Waals surface area contributed by atoms with Crippen LogP contribution in [0.15, 0.2) is 194 Å². The quantitative estimate of drug-likeness (QED) is 0.170. The van der Waals surface area contributed by atoms with Crippen molar-refractivity contribution in [3.05, 3.63) is 205 Å². The molecular weight excluding hydrogens is 707 g/mol. The van der Waals surface area contributed by atoms with Gasteiger partial charge in [0.2, 0.25) is 0 Å². The first-order valence-corrected chi connectivity index (χ1v) is 19.8. The zero-order valence-corrected chi connectivity index (χ0v) is 31.9. The lowest BCUT2D eigenvalue weighted by Crippen LogP contribution is -2.18. The second-order valence-corrected chi connectivity index (χ2v) is 15.1. The standard InChI is InChI=1S/C53H37N5/c1-34-43-22-12-11-19-41(43)33-45-47(34)50-48(44-23-13-14-24-46(44)58(50)42-20-9-4-10-21-42)49(54-45)37-27-31-40(32-28-37)53-56-51(38-17-7-3-8-18-38)55-52(57-53)39-29-25-36(26-30-39)35-15-5-2-6-16-35/h2-34,43H,1H3. The van der Waals surface area contributed by atoms with Crippen molar-refractivity contribution in [1.82, 2.24) is 24.5 Å². The second-order valence-electron chi connectivity index (χ2n) is 15.1. The minimum absolute atomic E-state index is 0.237. The Hall–Kier alpha value is -7.50. The highest BCUT2D eigenvalue weighted by atomic mass is 15.0. The highest BCUT2D eigenvalue weighted by molar-refractivity contribution is 6.16. The van der Waals surface area contributed by atoms with E-state index in [0.717, 1.165) is 50.3 Å². The van der Waals surface area contributed by atoms with Crippen molar-refractivity contribution < 1.29 is 0 Å². The number of rotatable bonds is 6. The molecule has 3 heterocycles. The third-order valence-electron chi connectivity index (χ3n) is 11.6. The van der Waals surface area contributed by atoms with Gasteiger partial charge in [-0.15, -0.1) is 0 Å². The molecule has 0 spiro atoms. The van der Waals surface area contributed by atoms with Crippen LogP contribution in [0.1, 0.15) is 24.1 Å². The molecule has 2 aliphatic carbocycles. The molecule has 2 aliphatic rings. The lowest BCUT2D eigenvalue weighted by atomic mass is 9.74. The van der Waals surface area contributed by atoms with Crippen molar-refractivity contribution in [2.75, 3.05) is 0 Å².